The van der Waals surface area contributed by atoms with Crippen LogP contribution in [0.25, 0.3) is 11.6 Å². The quantitative estimate of drug-likeness (QED) is 0.397. The molecular weight excluding hydrogens is 418 g/mol. The van der Waals surface area contributed by atoms with Crippen molar-refractivity contribution in [1.82, 2.24) is 25.5 Å². The summed E-state index contributed by atoms with van der Waals surface area (Å²) in [6.45, 7) is 8.60. The molecule has 9 heteroatoms. The van der Waals surface area contributed by atoms with E-state index in [0.717, 1.165) is 28.8 Å². The van der Waals surface area contributed by atoms with Crippen molar-refractivity contribution >= 4 is 34.8 Å². The van der Waals surface area contributed by atoms with Crippen LogP contribution in [-0.2, 0) is 4.79 Å². The number of nitrogens with one attached hydrogen (secondary N) is 4. The van der Waals surface area contributed by atoms with Gasteiger partial charge in [0.1, 0.15) is 0 Å². The first-order chi connectivity index (χ1) is 15.9. The highest BCUT2D eigenvalue weighted by Gasteiger charge is 2.13. The Bertz CT molecular complexity index is 1150. The van der Waals surface area contributed by atoms with Gasteiger partial charge in [-0.2, -0.15) is 5.10 Å². The molecule has 2 amide bonds. The third-order valence-corrected chi connectivity index (χ3v) is 5.12. The maximum atomic E-state index is 13.0. The van der Waals surface area contributed by atoms with Gasteiger partial charge in [-0.3, -0.25) is 24.7 Å². The molecule has 3 heterocycles. The zero-order chi connectivity index (χ0) is 23.8. The van der Waals surface area contributed by atoms with E-state index in [2.05, 4.69) is 43.0 Å². The van der Waals surface area contributed by atoms with Gasteiger partial charge in [-0.05, 0) is 56.2 Å². The van der Waals surface area contributed by atoms with Gasteiger partial charge in [0.2, 0.25) is 5.91 Å². The molecule has 0 bridgehead atoms. The van der Waals surface area contributed by atoms with E-state index < -0.39 is 0 Å². The molecule has 0 saturated carbocycles. The van der Waals surface area contributed by atoms with Crippen LogP contribution in [0.5, 0.6) is 0 Å². The minimum absolute atomic E-state index is 0.178. The normalized spacial score (nSPS) is 11.3. The zero-order valence-electron chi connectivity index (χ0n) is 19.3. The molecule has 0 aliphatic heterocycles. The first-order valence-corrected chi connectivity index (χ1v) is 10.9. The number of aryl methyl sites for hydroxylation is 2. The van der Waals surface area contributed by atoms with Gasteiger partial charge in [-0.15, -0.1) is 0 Å². The zero-order valence-corrected chi connectivity index (χ0v) is 19.3. The van der Waals surface area contributed by atoms with Crippen molar-refractivity contribution in [3.8, 4) is 0 Å². The number of carbonyl (C=O) groups excluding carboxylic acids is 2. The Kier molecular flexibility index (Phi) is 8.04. The number of nitrogens with zero attached hydrogens (tertiary/aromatic N) is 3. The monoisotopic (exact) mass is 447 g/mol. The second-order valence-corrected chi connectivity index (χ2v) is 7.55. The number of H-pyrrole nitrogens is 1. The molecule has 172 valence electrons. The minimum atomic E-state index is -0.306. The summed E-state index contributed by atoms with van der Waals surface area (Å²) in [6, 6.07) is 3.51. The fourth-order valence-corrected chi connectivity index (χ4v) is 3.19. The molecule has 0 aliphatic carbocycles. The average molecular weight is 448 g/mol. The third kappa shape index (κ3) is 6.33. The summed E-state index contributed by atoms with van der Waals surface area (Å²) in [5.41, 5.74) is 5.87. The summed E-state index contributed by atoms with van der Waals surface area (Å²) in [5, 5.41) is 15.5. The van der Waals surface area contributed by atoms with Crippen molar-refractivity contribution in [2.24, 2.45) is 0 Å². The van der Waals surface area contributed by atoms with E-state index in [-0.39, 0.29) is 18.4 Å². The molecule has 33 heavy (non-hydrogen) atoms. The Morgan fingerprint density at radius 3 is 2.48 bits per heavy atom. The highest BCUT2D eigenvalue weighted by Crippen LogP contribution is 2.23. The largest absolute Gasteiger partial charge is 0.324 e. The molecule has 0 atom stereocenters. The van der Waals surface area contributed by atoms with Gasteiger partial charge in [0, 0.05) is 23.7 Å². The van der Waals surface area contributed by atoms with Crippen molar-refractivity contribution in [2.75, 3.05) is 23.7 Å². The maximum Gasteiger partial charge on any atom is 0.257 e. The van der Waals surface area contributed by atoms with Crippen LogP contribution in [0.1, 0.15) is 53.1 Å². The SMILES string of the molecule is CCNCC(=O)Nc1cnc(C)c(NC(=O)c2cnc(C)c(/C=C(\CC)c3cn[nH]c3)c2)c1. The van der Waals surface area contributed by atoms with Crippen molar-refractivity contribution < 1.29 is 9.59 Å². The number of anilines is 2. The van der Waals surface area contributed by atoms with Gasteiger partial charge >= 0.3 is 0 Å². The number of allylic oxidation sites excluding steroid dienone is 1. The number of hydrogen-bond donors (Lipinski definition) is 4. The maximum absolute atomic E-state index is 13.0. The first-order valence-electron chi connectivity index (χ1n) is 10.9. The van der Waals surface area contributed by atoms with E-state index in [9.17, 15) is 9.59 Å². The van der Waals surface area contributed by atoms with Crippen LogP contribution in [0.3, 0.4) is 0 Å². The molecule has 9 nitrogen and oxygen atoms in total. The molecule has 0 aliphatic rings. The molecule has 0 saturated heterocycles. The average Bonchev–Trinajstić information content (AvgIpc) is 3.34. The fraction of sp³-hybridized carbons (Fsp3) is 0.292. The van der Waals surface area contributed by atoms with E-state index in [1.807, 2.05) is 32.2 Å². The van der Waals surface area contributed by atoms with Gasteiger partial charge in [0.25, 0.3) is 5.91 Å². The molecule has 4 N–H and O–H groups in total. The summed E-state index contributed by atoms with van der Waals surface area (Å²) in [5.74, 6) is -0.483. The highest BCUT2D eigenvalue weighted by atomic mass is 16.2. The smallest absolute Gasteiger partial charge is 0.257 e. The standard InChI is InChI=1S/C24H29N7O2/c1-5-17(20-11-28-29-12-20)7-18-8-19(10-26-15(18)3)24(33)31-22-9-21(13-27-16(22)4)30-23(32)14-25-6-2/h7-13,25H,5-6,14H2,1-4H3,(H,28,29)(H,30,32)(H,31,33)/b17-7+. The summed E-state index contributed by atoms with van der Waals surface area (Å²) < 4.78 is 0. The Hall–Kier alpha value is -3.85. The Balaban J connectivity index is 1.80. The Morgan fingerprint density at radius 2 is 1.79 bits per heavy atom. The minimum Gasteiger partial charge on any atom is -0.324 e. The van der Waals surface area contributed by atoms with Gasteiger partial charge in [-0.1, -0.05) is 13.8 Å². The van der Waals surface area contributed by atoms with Crippen LogP contribution in [0.15, 0.2) is 36.9 Å². The highest BCUT2D eigenvalue weighted by molar-refractivity contribution is 6.05. The summed E-state index contributed by atoms with van der Waals surface area (Å²) in [7, 11) is 0. The van der Waals surface area contributed by atoms with Crippen LogP contribution in [-0.4, -0.2) is 45.1 Å². The Labute approximate surface area is 193 Å². The van der Waals surface area contributed by atoms with Crippen LogP contribution in [0, 0.1) is 13.8 Å². The van der Waals surface area contributed by atoms with Gasteiger partial charge in [-0.25, -0.2) is 0 Å². The summed E-state index contributed by atoms with van der Waals surface area (Å²) >= 11 is 0. The predicted octanol–water partition coefficient (Wildman–Crippen LogP) is 3.57. The van der Waals surface area contributed by atoms with Crippen LogP contribution in [0.4, 0.5) is 11.4 Å². The second kappa shape index (κ2) is 11.1. The van der Waals surface area contributed by atoms with E-state index in [1.54, 1.807) is 31.6 Å². The molecule has 0 unspecified atom stereocenters. The lowest BCUT2D eigenvalue weighted by Crippen LogP contribution is -2.27. The number of likely N-dealkylation sites (N-methyl/N-ethyl adjacent to an activating group) is 1. The second-order valence-electron chi connectivity index (χ2n) is 7.55. The molecule has 0 spiro atoms. The van der Waals surface area contributed by atoms with Gasteiger partial charge in [0.15, 0.2) is 0 Å². The molecular formula is C24H29N7O2. The molecule has 0 radical (unpaired) electrons. The third-order valence-electron chi connectivity index (χ3n) is 5.12. The molecule has 3 aromatic rings. The molecule has 0 aromatic carbocycles. The molecule has 0 fully saturated rings. The lowest BCUT2D eigenvalue weighted by molar-refractivity contribution is -0.115. The molecule has 3 rings (SSSR count). The van der Waals surface area contributed by atoms with Crippen LogP contribution in [0.2, 0.25) is 0 Å². The van der Waals surface area contributed by atoms with Crippen LogP contribution < -0.4 is 16.0 Å². The van der Waals surface area contributed by atoms with E-state index in [1.165, 1.54) is 0 Å². The Morgan fingerprint density at radius 1 is 1.00 bits per heavy atom. The number of pyridine rings is 2. The van der Waals surface area contributed by atoms with Crippen molar-refractivity contribution in [3.63, 3.8) is 0 Å². The lowest BCUT2D eigenvalue weighted by atomic mass is 10.0. The fourth-order valence-electron chi connectivity index (χ4n) is 3.19. The number of rotatable bonds is 9. The number of amides is 2. The van der Waals surface area contributed by atoms with E-state index >= 15 is 0 Å². The summed E-state index contributed by atoms with van der Waals surface area (Å²) in [4.78, 5) is 33.6. The summed E-state index contributed by atoms with van der Waals surface area (Å²) in [6.07, 6.45) is 9.57. The predicted molar refractivity (Wildman–Crippen MR) is 130 cm³/mol. The number of aromatic amines is 1. The lowest BCUT2D eigenvalue weighted by Gasteiger charge is -2.12. The van der Waals surface area contributed by atoms with Crippen molar-refractivity contribution in [3.05, 3.63) is 65.0 Å². The van der Waals surface area contributed by atoms with Crippen molar-refractivity contribution in [1.29, 1.82) is 0 Å². The number of hydrogen-bond acceptors (Lipinski definition) is 6. The van der Waals surface area contributed by atoms with E-state index in [0.29, 0.717) is 29.2 Å². The first kappa shape index (κ1) is 23.8. The van der Waals surface area contributed by atoms with Crippen LogP contribution >= 0.6 is 0 Å². The topological polar surface area (TPSA) is 125 Å². The van der Waals surface area contributed by atoms with Crippen molar-refractivity contribution in [2.45, 2.75) is 34.1 Å². The molecule has 3 aromatic heterocycles. The van der Waals surface area contributed by atoms with E-state index in [4.69, 9.17) is 0 Å². The number of carbonyl (C=O) groups is 2. The van der Waals surface area contributed by atoms with Gasteiger partial charge < -0.3 is 16.0 Å². The number of aromatic nitrogens is 4. The van der Waals surface area contributed by atoms with Gasteiger partial charge in [0.05, 0.1) is 41.6 Å².